The van der Waals surface area contributed by atoms with Gasteiger partial charge in [0.15, 0.2) is 5.82 Å². The van der Waals surface area contributed by atoms with E-state index < -0.39 is 11.6 Å². The molecular weight excluding hydrogens is 632 g/mol. The van der Waals surface area contributed by atoms with E-state index >= 15 is 8.78 Å². The molecule has 4 atom stereocenters. The van der Waals surface area contributed by atoms with Crippen LogP contribution in [-0.2, 0) is 9.53 Å². The number of halogens is 2. The molecular formula is C36H43F2N7O4. The van der Waals surface area contributed by atoms with Gasteiger partial charge < -0.3 is 30.1 Å². The Morgan fingerprint density at radius 1 is 1.18 bits per heavy atom. The molecule has 2 aromatic heterocycles. The average molecular weight is 676 g/mol. The van der Waals surface area contributed by atoms with Crippen LogP contribution in [0.3, 0.4) is 0 Å². The van der Waals surface area contributed by atoms with E-state index in [1.165, 1.54) is 30.5 Å². The van der Waals surface area contributed by atoms with Gasteiger partial charge in [0.2, 0.25) is 5.91 Å². The Bertz CT molecular complexity index is 1880. The molecule has 260 valence electrons. The lowest BCUT2D eigenvalue weighted by Gasteiger charge is -2.31. The molecule has 2 saturated heterocycles. The van der Waals surface area contributed by atoms with E-state index in [-0.39, 0.29) is 70.2 Å². The highest BCUT2D eigenvalue weighted by Gasteiger charge is 2.49. The van der Waals surface area contributed by atoms with E-state index in [0.717, 1.165) is 38.8 Å². The summed E-state index contributed by atoms with van der Waals surface area (Å²) in [6.45, 7) is 7.39. The average Bonchev–Trinajstić information content (AvgIpc) is 3.62. The van der Waals surface area contributed by atoms with Crippen molar-refractivity contribution in [1.82, 2.24) is 30.1 Å². The molecule has 3 N–H and O–H groups in total. The molecule has 0 radical (unpaired) electrons. The summed E-state index contributed by atoms with van der Waals surface area (Å²) in [5.41, 5.74) is -0.343. The number of fused-ring (bicyclic) bond motifs is 6. The number of aromatic hydroxyl groups is 1. The molecule has 5 heterocycles. The van der Waals surface area contributed by atoms with Gasteiger partial charge >= 0.3 is 6.01 Å². The highest BCUT2D eigenvalue weighted by molar-refractivity contribution is 6.00. The zero-order chi connectivity index (χ0) is 34.3. The van der Waals surface area contributed by atoms with Crippen LogP contribution < -0.4 is 15.4 Å². The van der Waals surface area contributed by atoms with Crippen molar-refractivity contribution in [1.29, 1.82) is 0 Å². The van der Waals surface area contributed by atoms with Gasteiger partial charge in [-0.1, -0.05) is 19.1 Å². The first-order valence-corrected chi connectivity index (χ1v) is 17.2. The topological polar surface area (TPSA) is 125 Å². The molecule has 13 heteroatoms. The number of rotatable bonds is 2. The van der Waals surface area contributed by atoms with Gasteiger partial charge in [-0.25, -0.2) is 8.78 Å². The van der Waals surface area contributed by atoms with Gasteiger partial charge in [0, 0.05) is 55.9 Å². The molecule has 4 bridgehead atoms. The van der Waals surface area contributed by atoms with Crippen LogP contribution in [0.15, 0.2) is 36.5 Å². The number of hydrogen-bond acceptors (Lipinski definition) is 10. The summed E-state index contributed by atoms with van der Waals surface area (Å²) in [6.07, 6.45) is 5.25. The molecule has 49 heavy (non-hydrogen) atoms. The normalized spacial score (nSPS) is 25.8. The smallest absolute Gasteiger partial charge is 0.319 e. The molecule has 3 aliphatic heterocycles. The van der Waals surface area contributed by atoms with Gasteiger partial charge in [-0.15, -0.1) is 0 Å². The highest BCUT2D eigenvalue weighted by Crippen LogP contribution is 2.41. The Morgan fingerprint density at radius 3 is 2.88 bits per heavy atom. The van der Waals surface area contributed by atoms with Crippen LogP contribution in [-0.4, -0.2) is 106 Å². The predicted octanol–water partition coefficient (Wildman–Crippen LogP) is 4.86. The first-order valence-electron chi connectivity index (χ1n) is 17.2. The molecule has 7 rings (SSSR count). The van der Waals surface area contributed by atoms with E-state index in [1.807, 2.05) is 14.0 Å². The van der Waals surface area contributed by atoms with Crippen molar-refractivity contribution in [2.75, 3.05) is 51.8 Å². The minimum Gasteiger partial charge on any atom is -0.508 e. The van der Waals surface area contributed by atoms with Crippen molar-refractivity contribution in [2.45, 2.75) is 69.7 Å². The summed E-state index contributed by atoms with van der Waals surface area (Å²) < 4.78 is 44.4. The largest absolute Gasteiger partial charge is 0.508 e. The number of nitrogens with one attached hydrogen (secondary N) is 2. The Kier molecular flexibility index (Phi) is 9.25. The minimum absolute atomic E-state index is 0.0146. The monoisotopic (exact) mass is 675 g/mol. The molecule has 2 fully saturated rings. The predicted molar refractivity (Wildman–Crippen MR) is 183 cm³/mol. The molecule has 0 aliphatic carbocycles. The lowest BCUT2D eigenvalue weighted by Crippen LogP contribution is -2.47. The molecule has 2 aromatic carbocycles. The van der Waals surface area contributed by atoms with Crippen molar-refractivity contribution in [3.63, 3.8) is 0 Å². The molecule has 1 amide bonds. The van der Waals surface area contributed by atoms with Crippen LogP contribution in [0.5, 0.6) is 11.8 Å². The zero-order valence-corrected chi connectivity index (χ0v) is 28.1. The zero-order valence-electron chi connectivity index (χ0n) is 28.1. The first kappa shape index (κ1) is 33.3. The summed E-state index contributed by atoms with van der Waals surface area (Å²) in [6, 6.07) is 7.24. The van der Waals surface area contributed by atoms with Gasteiger partial charge in [-0.3, -0.25) is 14.7 Å². The second-order valence-corrected chi connectivity index (χ2v) is 13.7. The molecule has 1 spiro atoms. The number of anilines is 1. The molecule has 4 aromatic rings. The van der Waals surface area contributed by atoms with Gasteiger partial charge in [-0.05, 0) is 62.7 Å². The van der Waals surface area contributed by atoms with E-state index in [4.69, 9.17) is 14.5 Å². The van der Waals surface area contributed by atoms with Crippen LogP contribution in [0.2, 0.25) is 0 Å². The van der Waals surface area contributed by atoms with Gasteiger partial charge in [0.25, 0.3) is 0 Å². The Morgan fingerprint density at radius 2 is 2.04 bits per heavy atom. The number of ether oxygens (including phenoxy) is 2. The van der Waals surface area contributed by atoms with Crippen LogP contribution in [0.4, 0.5) is 14.6 Å². The second-order valence-electron chi connectivity index (χ2n) is 13.7. The summed E-state index contributed by atoms with van der Waals surface area (Å²) >= 11 is 0. The first-order chi connectivity index (χ1) is 23.6. The lowest BCUT2D eigenvalue weighted by molar-refractivity contribution is -0.131. The van der Waals surface area contributed by atoms with E-state index in [1.54, 1.807) is 11.0 Å². The summed E-state index contributed by atoms with van der Waals surface area (Å²) in [5.74, 6) is -1.07. The maximum Gasteiger partial charge on any atom is 0.319 e. The maximum absolute atomic E-state index is 16.7. The molecule has 4 unspecified atom stereocenters. The highest BCUT2D eigenvalue weighted by atomic mass is 19.1. The molecule has 0 saturated carbocycles. The fraction of sp³-hybridized carbons (Fsp3) is 0.500. The number of pyridine rings is 1. The fourth-order valence-corrected chi connectivity index (χ4v) is 7.70. The molecule has 3 aliphatic rings. The van der Waals surface area contributed by atoms with E-state index in [2.05, 4.69) is 32.4 Å². The third-order valence-corrected chi connectivity index (χ3v) is 10.3. The van der Waals surface area contributed by atoms with Crippen molar-refractivity contribution >= 4 is 33.4 Å². The Labute approximate surface area is 284 Å². The van der Waals surface area contributed by atoms with Crippen LogP contribution >= 0.6 is 0 Å². The van der Waals surface area contributed by atoms with Crippen molar-refractivity contribution in [3.8, 4) is 23.0 Å². The number of carbonyl (C=O) groups is 1. The molecule has 11 nitrogen and oxygen atoms in total. The number of amides is 1. The summed E-state index contributed by atoms with van der Waals surface area (Å²) in [4.78, 5) is 30.8. The number of benzene rings is 2. The number of carbonyl (C=O) groups excluding carboxylic acids is 1. The van der Waals surface area contributed by atoms with E-state index in [0.29, 0.717) is 42.7 Å². The number of phenols is 1. The fourth-order valence-electron chi connectivity index (χ4n) is 7.70. The number of likely N-dealkylation sites (N-methyl/N-ethyl adjacent to an activating group) is 1. The van der Waals surface area contributed by atoms with Crippen LogP contribution in [0.1, 0.15) is 46.0 Å². The minimum atomic E-state index is -0.777. The summed E-state index contributed by atoms with van der Waals surface area (Å²) in [5, 5.41) is 18.3. The third kappa shape index (κ3) is 6.59. The summed E-state index contributed by atoms with van der Waals surface area (Å²) in [7, 11) is 1.83. The lowest BCUT2D eigenvalue weighted by atomic mass is 9.94. The Hall–Kier alpha value is -4.20. The third-order valence-electron chi connectivity index (χ3n) is 10.3. The number of hydrogen-bond donors (Lipinski definition) is 3. The van der Waals surface area contributed by atoms with Gasteiger partial charge in [0.1, 0.15) is 35.2 Å². The quantitative estimate of drug-likeness (QED) is 0.271. The standard InChI is InChI=1S/C36H43F2N7O4/c1-4-23-18-44(3)29(47)9-12-48-25-15-36(10-6-11-45(36)19-25)20-49-35-42-33-27(34(43-35)40-16-21(2)41-23)17-39-32(31(33)38)26-14-24(46)13-22-7-5-8-28(37)30(22)26/h5,7-8,13-14,17,21,23,25,41,46H,4,6,9-12,15-16,18-20H2,1-3H3,(H,40,42,43). The van der Waals surface area contributed by atoms with E-state index in [9.17, 15) is 9.90 Å². The SMILES string of the molecule is CCC1CN(C)C(=O)CCOC2CN3CCCC3(COc3nc(c4cnc(-c5cc(O)cc6cccc(F)c56)c(F)c4n3)NCC(C)N1)C2. The second kappa shape index (κ2) is 13.6. The maximum atomic E-state index is 16.7. The van der Waals surface area contributed by atoms with Crippen LogP contribution in [0, 0.1) is 11.6 Å². The van der Waals surface area contributed by atoms with Crippen molar-refractivity contribution in [3.05, 3.63) is 48.2 Å². The number of aromatic nitrogens is 3. The van der Waals surface area contributed by atoms with Crippen LogP contribution in [0.25, 0.3) is 32.9 Å². The van der Waals surface area contributed by atoms with Gasteiger partial charge in [-0.2, -0.15) is 9.97 Å². The Balaban J connectivity index is 1.29. The van der Waals surface area contributed by atoms with Gasteiger partial charge in [0.05, 0.1) is 30.1 Å². The number of phenolic OH excluding ortho intramolecular Hbond substituents is 1. The van der Waals surface area contributed by atoms with Crippen molar-refractivity contribution < 1.29 is 28.2 Å². The number of nitrogens with zero attached hydrogens (tertiary/aromatic N) is 5. The van der Waals surface area contributed by atoms with Crippen molar-refractivity contribution in [2.24, 2.45) is 0 Å².